The number of amides is 2. The van der Waals surface area contributed by atoms with Crippen molar-refractivity contribution in [1.82, 2.24) is 10.2 Å². The van der Waals surface area contributed by atoms with Gasteiger partial charge in [0.2, 0.25) is 5.91 Å². The van der Waals surface area contributed by atoms with Gasteiger partial charge in [0.05, 0.1) is 17.2 Å². The van der Waals surface area contributed by atoms with E-state index in [1.165, 1.54) is 0 Å². The van der Waals surface area contributed by atoms with E-state index in [1.54, 1.807) is 29.2 Å². The van der Waals surface area contributed by atoms with Gasteiger partial charge in [-0.3, -0.25) is 14.5 Å². The molecule has 1 saturated carbocycles. The summed E-state index contributed by atoms with van der Waals surface area (Å²) in [5.41, 5.74) is -0.275. The summed E-state index contributed by atoms with van der Waals surface area (Å²) in [4.78, 5) is 27.8. The van der Waals surface area contributed by atoms with Gasteiger partial charge in [-0.1, -0.05) is 37.6 Å². The van der Waals surface area contributed by atoms with E-state index < -0.39 is 11.8 Å². The molecule has 2 fully saturated rings. The van der Waals surface area contributed by atoms with E-state index in [2.05, 4.69) is 12.2 Å². The van der Waals surface area contributed by atoms with Gasteiger partial charge in [0, 0.05) is 6.54 Å². The van der Waals surface area contributed by atoms with Gasteiger partial charge in [-0.25, -0.2) is 0 Å². The van der Waals surface area contributed by atoms with Crippen molar-refractivity contribution in [3.63, 3.8) is 0 Å². The minimum atomic E-state index is -0.697. The Morgan fingerprint density at radius 1 is 1.31 bits per heavy atom. The summed E-state index contributed by atoms with van der Waals surface area (Å²) in [5, 5.41) is 3.31. The molecule has 1 aliphatic heterocycles. The van der Waals surface area contributed by atoms with Crippen LogP contribution in [0.5, 0.6) is 0 Å². The average molecular weight is 379 g/mol. The van der Waals surface area contributed by atoms with Crippen molar-refractivity contribution in [2.24, 2.45) is 5.92 Å². The molecule has 1 aromatic carbocycles. The summed E-state index contributed by atoms with van der Waals surface area (Å²) >= 11 is 6.27. The molecule has 5 nitrogen and oxygen atoms in total. The van der Waals surface area contributed by atoms with Crippen LogP contribution in [-0.2, 0) is 9.53 Å². The van der Waals surface area contributed by atoms with Crippen LogP contribution in [-0.4, -0.2) is 41.6 Å². The molecule has 1 N–H and O–H groups in total. The Bertz CT molecular complexity index is 671. The highest BCUT2D eigenvalue weighted by Crippen LogP contribution is 2.43. The third-order valence-electron chi connectivity index (χ3n) is 5.49. The normalized spacial score (nSPS) is 28.3. The van der Waals surface area contributed by atoms with Crippen molar-refractivity contribution in [3.8, 4) is 0 Å². The summed E-state index contributed by atoms with van der Waals surface area (Å²) < 4.78 is 6.14. The van der Waals surface area contributed by atoms with Crippen molar-refractivity contribution in [2.75, 3.05) is 13.2 Å². The van der Waals surface area contributed by atoms with Gasteiger partial charge in [0.1, 0.15) is 11.8 Å². The van der Waals surface area contributed by atoms with E-state index in [4.69, 9.17) is 16.3 Å². The first kappa shape index (κ1) is 19.2. The summed E-state index contributed by atoms with van der Waals surface area (Å²) in [7, 11) is 0. The van der Waals surface area contributed by atoms with E-state index in [0.29, 0.717) is 23.0 Å². The number of hydrogen-bond acceptors (Lipinski definition) is 3. The Morgan fingerprint density at radius 2 is 2.00 bits per heavy atom. The van der Waals surface area contributed by atoms with Gasteiger partial charge in [-0.05, 0) is 50.2 Å². The summed E-state index contributed by atoms with van der Waals surface area (Å²) in [6.45, 7) is 5.04. The summed E-state index contributed by atoms with van der Waals surface area (Å²) in [6.07, 6.45) is 4.31. The molecular formula is C20H27ClN2O3. The Morgan fingerprint density at radius 3 is 2.65 bits per heavy atom. The van der Waals surface area contributed by atoms with Crippen LogP contribution < -0.4 is 5.32 Å². The van der Waals surface area contributed by atoms with Crippen LogP contribution in [0.1, 0.15) is 56.3 Å². The molecule has 142 valence electrons. The number of rotatable bonds is 4. The fraction of sp³-hybridized carbons (Fsp3) is 0.600. The molecule has 0 aromatic heterocycles. The third kappa shape index (κ3) is 3.60. The minimum Gasteiger partial charge on any atom is -0.354 e. The van der Waals surface area contributed by atoms with Crippen LogP contribution in [0.15, 0.2) is 24.3 Å². The lowest BCUT2D eigenvalue weighted by atomic mass is 9.83. The number of nitrogens with zero attached hydrogens (tertiary/aromatic N) is 1. The topological polar surface area (TPSA) is 58.6 Å². The van der Waals surface area contributed by atoms with E-state index in [-0.39, 0.29) is 18.4 Å². The van der Waals surface area contributed by atoms with Crippen molar-refractivity contribution < 1.29 is 14.3 Å². The molecule has 0 bridgehead atoms. The summed E-state index contributed by atoms with van der Waals surface area (Å²) in [5.74, 6) is 0.233. The highest BCUT2D eigenvalue weighted by atomic mass is 35.5. The molecule has 1 unspecified atom stereocenters. The molecular weight excluding hydrogens is 352 g/mol. The number of carbonyl (C=O) groups excluding carboxylic acids is 2. The maximum Gasteiger partial charge on any atom is 0.258 e. The van der Waals surface area contributed by atoms with Crippen LogP contribution in [0, 0.1) is 5.92 Å². The second kappa shape index (κ2) is 7.97. The molecule has 1 aliphatic carbocycles. The molecule has 26 heavy (non-hydrogen) atoms. The summed E-state index contributed by atoms with van der Waals surface area (Å²) in [6, 6.07) is 6.39. The third-order valence-corrected chi connectivity index (χ3v) is 5.82. The SMILES string of the molecule is CCCNC(=O)C1COC2(CCC(C)CC2)N1C(=O)c1ccccc1Cl. The molecule has 2 aliphatic rings. The number of carbonyl (C=O) groups is 2. The molecule has 2 amide bonds. The minimum absolute atomic E-state index is 0.150. The second-order valence-electron chi connectivity index (χ2n) is 7.40. The molecule has 1 heterocycles. The van der Waals surface area contributed by atoms with Gasteiger partial charge in [0.15, 0.2) is 0 Å². The molecule has 1 atom stereocenters. The van der Waals surface area contributed by atoms with Gasteiger partial charge >= 0.3 is 0 Å². The van der Waals surface area contributed by atoms with E-state index in [1.807, 2.05) is 6.92 Å². The Labute approximate surface area is 160 Å². The molecule has 0 radical (unpaired) electrons. The average Bonchev–Trinajstić information content (AvgIpc) is 3.01. The van der Waals surface area contributed by atoms with Crippen molar-refractivity contribution in [1.29, 1.82) is 0 Å². The molecule has 1 spiro atoms. The first-order chi connectivity index (χ1) is 12.5. The number of nitrogens with one attached hydrogen (secondary N) is 1. The highest BCUT2D eigenvalue weighted by molar-refractivity contribution is 6.33. The fourth-order valence-corrected chi connectivity index (χ4v) is 4.13. The van der Waals surface area contributed by atoms with Crippen molar-refractivity contribution >= 4 is 23.4 Å². The number of ether oxygens (including phenoxy) is 1. The van der Waals surface area contributed by atoms with Gasteiger partial charge in [-0.2, -0.15) is 0 Å². The van der Waals surface area contributed by atoms with Crippen molar-refractivity contribution in [3.05, 3.63) is 34.9 Å². The quantitative estimate of drug-likeness (QED) is 0.870. The number of benzene rings is 1. The van der Waals surface area contributed by atoms with Crippen LogP contribution >= 0.6 is 11.6 Å². The zero-order chi connectivity index (χ0) is 18.7. The Hall–Kier alpha value is -1.59. The highest BCUT2D eigenvalue weighted by Gasteiger charge is 2.53. The van der Waals surface area contributed by atoms with Crippen LogP contribution in [0.3, 0.4) is 0 Å². The largest absolute Gasteiger partial charge is 0.354 e. The number of halogens is 1. The Kier molecular flexibility index (Phi) is 5.88. The second-order valence-corrected chi connectivity index (χ2v) is 7.81. The standard InChI is InChI=1S/C20H27ClN2O3/c1-3-12-22-18(24)17-13-26-20(10-8-14(2)9-11-20)23(17)19(25)15-6-4-5-7-16(15)21/h4-7,14,17H,3,8-13H2,1-2H3,(H,22,24). The zero-order valence-electron chi connectivity index (χ0n) is 15.5. The van der Waals surface area contributed by atoms with E-state index >= 15 is 0 Å². The maximum absolute atomic E-state index is 13.4. The molecule has 6 heteroatoms. The van der Waals surface area contributed by atoms with Gasteiger partial charge in [-0.15, -0.1) is 0 Å². The molecule has 1 aromatic rings. The van der Waals surface area contributed by atoms with Gasteiger partial charge < -0.3 is 10.1 Å². The van der Waals surface area contributed by atoms with E-state index in [9.17, 15) is 9.59 Å². The first-order valence-electron chi connectivity index (χ1n) is 9.48. The van der Waals surface area contributed by atoms with Crippen LogP contribution in [0.4, 0.5) is 0 Å². The Balaban J connectivity index is 1.93. The number of hydrogen-bond donors (Lipinski definition) is 1. The maximum atomic E-state index is 13.4. The predicted octanol–water partition coefficient (Wildman–Crippen LogP) is 3.61. The lowest BCUT2D eigenvalue weighted by Crippen LogP contribution is -2.56. The lowest BCUT2D eigenvalue weighted by Gasteiger charge is -2.43. The van der Waals surface area contributed by atoms with Crippen LogP contribution in [0.25, 0.3) is 0 Å². The van der Waals surface area contributed by atoms with Gasteiger partial charge in [0.25, 0.3) is 5.91 Å². The fourth-order valence-electron chi connectivity index (χ4n) is 3.91. The monoisotopic (exact) mass is 378 g/mol. The smallest absolute Gasteiger partial charge is 0.258 e. The molecule has 3 rings (SSSR count). The van der Waals surface area contributed by atoms with E-state index in [0.717, 1.165) is 32.1 Å². The lowest BCUT2D eigenvalue weighted by molar-refractivity contribution is -0.127. The van der Waals surface area contributed by atoms with Crippen molar-refractivity contribution in [2.45, 2.75) is 57.7 Å². The first-order valence-corrected chi connectivity index (χ1v) is 9.86. The zero-order valence-corrected chi connectivity index (χ0v) is 16.2. The molecule has 1 saturated heterocycles. The predicted molar refractivity (Wildman–Crippen MR) is 101 cm³/mol. The van der Waals surface area contributed by atoms with Crippen LogP contribution in [0.2, 0.25) is 5.02 Å².